The maximum atomic E-state index is 10.0. The highest BCUT2D eigenvalue weighted by Crippen LogP contribution is 2.25. The number of aliphatic hydroxyl groups is 1. The Kier molecular flexibility index (Phi) is 7.62. The van der Waals surface area contributed by atoms with Crippen LogP contribution >= 0.6 is 27.0 Å². The van der Waals surface area contributed by atoms with Gasteiger partial charge in [0.15, 0.2) is 0 Å². The van der Waals surface area contributed by atoms with Gasteiger partial charge in [0.2, 0.25) is 0 Å². The van der Waals surface area contributed by atoms with Crippen molar-refractivity contribution in [3.63, 3.8) is 0 Å². The number of hydrogen-bond donors (Lipinski definition) is 2. The molecule has 0 aromatic carbocycles. The first-order chi connectivity index (χ1) is 5.05. The van der Waals surface area contributed by atoms with E-state index in [2.05, 4.69) is 19.2 Å². The predicted molar refractivity (Wildman–Crippen MR) is 67.2 cm³/mol. The number of rotatable bonds is 2. The molecule has 0 unspecified atom stereocenters. The van der Waals surface area contributed by atoms with Gasteiger partial charge in [0.1, 0.15) is 0 Å². The molecule has 1 aliphatic heterocycles. The molecule has 2 atom stereocenters. The lowest BCUT2D eigenvalue weighted by Gasteiger charge is -2.34. The van der Waals surface area contributed by atoms with Gasteiger partial charge in [0.25, 0.3) is 0 Å². The Hall–Kier alpha value is 0.620. The Morgan fingerprint density at radius 1 is 1.38 bits per heavy atom. The molecule has 0 aromatic rings. The molecular weight excluding hydrogens is 202 g/mol. The van der Waals surface area contributed by atoms with E-state index in [1.54, 1.807) is 0 Å². The standard InChI is InChI=1S/C9H19NO.2H2S/c1-7(2)9(3,11)8-5-4-6-10-8;;/h7-8,10-11H,4-6H2,1-3H3;2*1H2/t8-,9-;;/m0../s1. The molecule has 1 fully saturated rings. The third-order valence-corrected chi connectivity index (χ3v) is 2.93. The summed E-state index contributed by atoms with van der Waals surface area (Å²) in [5.41, 5.74) is -0.531. The molecule has 2 nitrogen and oxygen atoms in total. The second kappa shape index (κ2) is 6.17. The van der Waals surface area contributed by atoms with Crippen LogP contribution in [-0.2, 0) is 0 Å². The monoisotopic (exact) mass is 225 g/mol. The van der Waals surface area contributed by atoms with Crippen molar-refractivity contribution in [2.75, 3.05) is 6.54 Å². The van der Waals surface area contributed by atoms with E-state index in [0.29, 0.717) is 12.0 Å². The van der Waals surface area contributed by atoms with Crippen LogP contribution in [0.1, 0.15) is 33.6 Å². The van der Waals surface area contributed by atoms with Crippen molar-refractivity contribution in [3.8, 4) is 0 Å². The molecule has 13 heavy (non-hydrogen) atoms. The van der Waals surface area contributed by atoms with Gasteiger partial charge in [0, 0.05) is 6.04 Å². The summed E-state index contributed by atoms with van der Waals surface area (Å²) in [5, 5.41) is 13.4. The van der Waals surface area contributed by atoms with Crippen molar-refractivity contribution < 1.29 is 5.11 Å². The van der Waals surface area contributed by atoms with Crippen LogP contribution in [0.3, 0.4) is 0 Å². The zero-order valence-corrected chi connectivity index (χ0v) is 10.7. The normalized spacial score (nSPS) is 26.1. The van der Waals surface area contributed by atoms with Gasteiger partial charge in [-0.3, -0.25) is 0 Å². The minimum Gasteiger partial charge on any atom is -0.388 e. The zero-order valence-electron chi connectivity index (χ0n) is 8.72. The van der Waals surface area contributed by atoms with E-state index in [1.165, 1.54) is 6.42 Å². The summed E-state index contributed by atoms with van der Waals surface area (Å²) in [7, 11) is 0. The summed E-state index contributed by atoms with van der Waals surface area (Å²) in [6.07, 6.45) is 2.32. The summed E-state index contributed by atoms with van der Waals surface area (Å²) >= 11 is 0. The summed E-state index contributed by atoms with van der Waals surface area (Å²) in [4.78, 5) is 0. The summed E-state index contributed by atoms with van der Waals surface area (Å²) < 4.78 is 0. The van der Waals surface area contributed by atoms with Gasteiger partial charge in [-0.1, -0.05) is 13.8 Å². The van der Waals surface area contributed by atoms with Gasteiger partial charge in [-0.2, -0.15) is 27.0 Å². The Morgan fingerprint density at radius 3 is 2.23 bits per heavy atom. The van der Waals surface area contributed by atoms with Crippen LogP contribution in [-0.4, -0.2) is 23.3 Å². The van der Waals surface area contributed by atoms with Crippen LogP contribution in [0.15, 0.2) is 0 Å². The van der Waals surface area contributed by atoms with E-state index in [1.807, 2.05) is 6.92 Å². The molecule has 0 aromatic heterocycles. The molecule has 0 radical (unpaired) electrons. The molecule has 1 saturated heterocycles. The third-order valence-electron chi connectivity index (χ3n) is 2.93. The van der Waals surface area contributed by atoms with Gasteiger partial charge in [-0.05, 0) is 32.2 Å². The predicted octanol–water partition coefficient (Wildman–Crippen LogP) is 1.37. The maximum absolute atomic E-state index is 10.0. The molecule has 1 heterocycles. The molecule has 0 spiro atoms. The third kappa shape index (κ3) is 3.70. The first kappa shape index (κ1) is 16.1. The molecule has 0 saturated carbocycles. The molecule has 0 bridgehead atoms. The van der Waals surface area contributed by atoms with E-state index in [9.17, 15) is 5.11 Å². The van der Waals surface area contributed by atoms with Gasteiger partial charge < -0.3 is 10.4 Å². The smallest absolute Gasteiger partial charge is 0.0794 e. The van der Waals surface area contributed by atoms with E-state index in [4.69, 9.17) is 0 Å². The molecule has 4 heteroatoms. The van der Waals surface area contributed by atoms with Crippen molar-refractivity contribution in [1.29, 1.82) is 0 Å². The molecular formula is C9H23NOS2. The molecule has 1 aliphatic rings. The molecule has 82 valence electrons. The van der Waals surface area contributed by atoms with Crippen molar-refractivity contribution >= 4 is 27.0 Å². The molecule has 0 amide bonds. The SMILES string of the molecule is CC(C)[C@](C)(O)[C@@H]1CCCN1.S.S. The largest absolute Gasteiger partial charge is 0.388 e. The van der Waals surface area contributed by atoms with Crippen molar-refractivity contribution in [2.24, 2.45) is 5.92 Å². The van der Waals surface area contributed by atoms with Gasteiger partial charge in [0.05, 0.1) is 5.60 Å². The van der Waals surface area contributed by atoms with Gasteiger partial charge >= 0.3 is 0 Å². The maximum Gasteiger partial charge on any atom is 0.0794 e. The van der Waals surface area contributed by atoms with Crippen LogP contribution < -0.4 is 5.32 Å². The average Bonchev–Trinajstić information content (AvgIpc) is 2.37. The van der Waals surface area contributed by atoms with E-state index in [-0.39, 0.29) is 27.0 Å². The highest BCUT2D eigenvalue weighted by molar-refractivity contribution is 7.59. The molecule has 1 rings (SSSR count). The van der Waals surface area contributed by atoms with Crippen LogP contribution in [0.5, 0.6) is 0 Å². The quantitative estimate of drug-likeness (QED) is 0.744. The Bertz CT molecular complexity index is 134. The van der Waals surface area contributed by atoms with Gasteiger partial charge in [-0.15, -0.1) is 0 Å². The minimum absolute atomic E-state index is 0. The van der Waals surface area contributed by atoms with E-state index >= 15 is 0 Å². The Balaban J connectivity index is 0. The van der Waals surface area contributed by atoms with Crippen LogP contribution in [0, 0.1) is 5.92 Å². The number of hydrogen-bond acceptors (Lipinski definition) is 2. The first-order valence-electron chi connectivity index (χ1n) is 4.51. The van der Waals surface area contributed by atoms with Gasteiger partial charge in [-0.25, -0.2) is 0 Å². The fourth-order valence-corrected chi connectivity index (χ4v) is 1.59. The fraction of sp³-hybridized carbons (Fsp3) is 1.00. The fourth-order valence-electron chi connectivity index (χ4n) is 1.59. The highest BCUT2D eigenvalue weighted by Gasteiger charge is 2.36. The lowest BCUT2D eigenvalue weighted by Crippen LogP contribution is -2.49. The first-order valence-corrected chi connectivity index (χ1v) is 4.51. The molecule has 2 N–H and O–H groups in total. The van der Waals surface area contributed by atoms with Crippen LogP contribution in [0.4, 0.5) is 0 Å². The van der Waals surface area contributed by atoms with Crippen molar-refractivity contribution in [1.82, 2.24) is 5.32 Å². The Morgan fingerprint density at radius 2 is 1.92 bits per heavy atom. The minimum atomic E-state index is -0.531. The lowest BCUT2D eigenvalue weighted by atomic mass is 9.84. The zero-order chi connectivity index (χ0) is 8.48. The van der Waals surface area contributed by atoms with Crippen LogP contribution in [0.2, 0.25) is 0 Å². The summed E-state index contributed by atoms with van der Waals surface area (Å²) in [6, 6.07) is 0.308. The van der Waals surface area contributed by atoms with E-state index in [0.717, 1.165) is 13.0 Å². The summed E-state index contributed by atoms with van der Waals surface area (Å²) in [6.45, 7) is 7.13. The van der Waals surface area contributed by atoms with Crippen LogP contribution in [0.25, 0.3) is 0 Å². The molecule has 0 aliphatic carbocycles. The topological polar surface area (TPSA) is 32.3 Å². The average molecular weight is 225 g/mol. The summed E-state index contributed by atoms with van der Waals surface area (Å²) in [5.74, 6) is 0.332. The second-order valence-electron chi connectivity index (χ2n) is 4.03. The van der Waals surface area contributed by atoms with Crippen molar-refractivity contribution in [2.45, 2.75) is 45.3 Å². The lowest BCUT2D eigenvalue weighted by molar-refractivity contribution is -0.0168. The Labute approximate surface area is 95.4 Å². The highest BCUT2D eigenvalue weighted by atomic mass is 32.1. The second-order valence-corrected chi connectivity index (χ2v) is 4.03. The van der Waals surface area contributed by atoms with Crippen molar-refractivity contribution in [3.05, 3.63) is 0 Å². The van der Waals surface area contributed by atoms with E-state index < -0.39 is 5.60 Å². The number of nitrogens with one attached hydrogen (secondary N) is 1.